The molecule has 0 aliphatic carbocycles. The van der Waals surface area contributed by atoms with E-state index in [0.717, 1.165) is 133 Å². The molecular formula is C64H34F24O8. The van der Waals surface area contributed by atoms with Crippen LogP contribution in [0.25, 0.3) is 45.6 Å². The van der Waals surface area contributed by atoms with Crippen LogP contribution in [-0.4, -0.2) is 50.9 Å². The molecule has 0 bridgehead atoms. The standard InChI is InChI=1S/C64H34F24O8/c65-57(66,67)89-43-17-1-35(2-18-43)33-51(37-5-21-45(22-6-37)91-59(71,72)73)53(39-9-25-47(26-10-39)93-61(77,78)79)55(41-13-29-49(30-14-41)95-63(83,84)85)56(42-15-31-50(32-16-42)96-64(86,87)88)54(40-11-27-48(28-12-40)94-62(80,81)82)52(38-7-23-46(24-8-38)92-60(74,75)76)34-36-3-19-44(20-4-36)90-58(68,69)70/h1-34H/b51-33+,52-34+,55-53+,56-54+. The number of halogens is 24. The van der Waals surface area contributed by atoms with E-state index in [2.05, 4.69) is 37.9 Å². The van der Waals surface area contributed by atoms with Crippen molar-refractivity contribution < 1.29 is 143 Å². The molecule has 0 aliphatic rings. The molecular weight excluding hydrogens is 1350 g/mol. The molecule has 0 spiro atoms. The van der Waals surface area contributed by atoms with Crippen LogP contribution in [0, 0.1) is 0 Å². The van der Waals surface area contributed by atoms with Gasteiger partial charge in [0.05, 0.1) is 0 Å². The van der Waals surface area contributed by atoms with Gasteiger partial charge in [-0.05, 0) is 187 Å². The summed E-state index contributed by atoms with van der Waals surface area (Å²) >= 11 is 0. The molecule has 8 rings (SSSR count). The average Bonchev–Trinajstić information content (AvgIpc) is 0.745. The molecule has 0 radical (unpaired) electrons. The lowest BCUT2D eigenvalue weighted by atomic mass is 9.76. The number of rotatable bonds is 19. The second kappa shape index (κ2) is 27.8. The molecule has 0 atom stereocenters. The van der Waals surface area contributed by atoms with Gasteiger partial charge in [0.25, 0.3) is 0 Å². The fraction of sp³-hybridized carbons (Fsp3) is 0.125. The van der Waals surface area contributed by atoms with Gasteiger partial charge in [-0.15, -0.1) is 105 Å². The van der Waals surface area contributed by atoms with E-state index in [1.54, 1.807) is 0 Å². The van der Waals surface area contributed by atoms with Crippen LogP contribution in [-0.2, 0) is 0 Å². The molecule has 0 saturated heterocycles. The molecule has 32 heteroatoms. The number of alkyl halides is 24. The molecule has 0 fully saturated rings. The van der Waals surface area contributed by atoms with Crippen molar-refractivity contribution in [2.24, 2.45) is 0 Å². The predicted octanol–water partition coefficient (Wildman–Crippen LogP) is 21.9. The molecule has 8 aromatic carbocycles. The van der Waals surface area contributed by atoms with Crippen molar-refractivity contribution in [1.82, 2.24) is 0 Å². The van der Waals surface area contributed by atoms with Crippen molar-refractivity contribution in [3.63, 3.8) is 0 Å². The predicted molar refractivity (Wildman–Crippen MR) is 294 cm³/mol. The number of benzene rings is 8. The molecule has 0 aromatic heterocycles. The molecule has 0 unspecified atom stereocenters. The molecule has 8 aromatic rings. The quantitative estimate of drug-likeness (QED) is 0.0450. The van der Waals surface area contributed by atoms with Crippen molar-refractivity contribution in [3.8, 4) is 46.0 Å². The van der Waals surface area contributed by atoms with Crippen molar-refractivity contribution in [3.05, 3.63) is 239 Å². The normalized spacial score (nSPS) is 13.7. The van der Waals surface area contributed by atoms with Gasteiger partial charge in [-0.2, -0.15) is 0 Å². The third kappa shape index (κ3) is 21.8. The average molecular weight is 1390 g/mol. The molecule has 0 heterocycles. The number of ether oxygens (including phenoxy) is 8. The highest BCUT2D eigenvalue weighted by molar-refractivity contribution is 6.35. The van der Waals surface area contributed by atoms with Crippen LogP contribution in [0.2, 0.25) is 0 Å². The summed E-state index contributed by atoms with van der Waals surface area (Å²) in [4.78, 5) is 0. The minimum absolute atomic E-state index is 0.211. The lowest BCUT2D eigenvalue weighted by Crippen LogP contribution is -2.17. The highest BCUT2D eigenvalue weighted by Gasteiger charge is 2.38. The van der Waals surface area contributed by atoms with Gasteiger partial charge in [-0.3, -0.25) is 0 Å². The summed E-state index contributed by atoms with van der Waals surface area (Å²) in [7, 11) is 0. The van der Waals surface area contributed by atoms with Gasteiger partial charge in [0, 0.05) is 0 Å². The lowest BCUT2D eigenvalue weighted by Gasteiger charge is -2.27. The molecule has 0 N–H and O–H groups in total. The van der Waals surface area contributed by atoms with Gasteiger partial charge in [-0.1, -0.05) is 97.1 Å². The summed E-state index contributed by atoms with van der Waals surface area (Å²) in [5.41, 5.74) is -6.02. The molecule has 0 aliphatic heterocycles. The maximum atomic E-state index is 14.0. The first-order valence-corrected chi connectivity index (χ1v) is 26.3. The van der Waals surface area contributed by atoms with Crippen molar-refractivity contribution in [2.45, 2.75) is 50.9 Å². The summed E-state index contributed by atoms with van der Waals surface area (Å²) in [6.45, 7) is 0. The first-order chi connectivity index (χ1) is 44.5. The monoisotopic (exact) mass is 1390 g/mol. The Morgan fingerprint density at radius 1 is 0.177 bits per heavy atom. The highest BCUT2D eigenvalue weighted by Crippen LogP contribution is 2.52. The summed E-state index contributed by atoms with van der Waals surface area (Å²) < 4.78 is 364. The summed E-state index contributed by atoms with van der Waals surface area (Å²) in [5, 5.41) is 0. The van der Waals surface area contributed by atoms with E-state index in [0.29, 0.717) is 72.8 Å². The van der Waals surface area contributed by atoms with Gasteiger partial charge in [0.15, 0.2) is 0 Å². The minimum atomic E-state index is -5.46. The molecule has 506 valence electrons. The van der Waals surface area contributed by atoms with E-state index in [9.17, 15) is 105 Å². The summed E-state index contributed by atoms with van der Waals surface area (Å²) in [5.74, 6) is -7.64. The maximum Gasteiger partial charge on any atom is 0.573 e. The lowest BCUT2D eigenvalue weighted by molar-refractivity contribution is -0.275. The Hall–Kier alpha value is -10.6. The molecule has 0 saturated carbocycles. The van der Waals surface area contributed by atoms with E-state index >= 15 is 0 Å². The zero-order valence-electron chi connectivity index (χ0n) is 47.0. The van der Waals surface area contributed by atoms with Crippen molar-refractivity contribution in [1.29, 1.82) is 0 Å². The number of hydrogen-bond acceptors (Lipinski definition) is 8. The van der Waals surface area contributed by atoms with E-state index < -0.39 is 153 Å². The topological polar surface area (TPSA) is 73.8 Å². The Kier molecular flexibility index (Phi) is 20.6. The second-order valence-corrected chi connectivity index (χ2v) is 19.3. The van der Waals surface area contributed by atoms with E-state index in [4.69, 9.17) is 0 Å². The van der Waals surface area contributed by atoms with E-state index in [-0.39, 0.29) is 22.3 Å². The molecule has 96 heavy (non-hydrogen) atoms. The fourth-order valence-electron chi connectivity index (χ4n) is 9.13. The van der Waals surface area contributed by atoms with Crippen LogP contribution in [0.4, 0.5) is 105 Å². The first kappa shape index (κ1) is 71.3. The van der Waals surface area contributed by atoms with Crippen molar-refractivity contribution in [2.75, 3.05) is 0 Å². The van der Waals surface area contributed by atoms with Crippen LogP contribution in [0.15, 0.2) is 194 Å². The van der Waals surface area contributed by atoms with E-state index in [1.165, 1.54) is 0 Å². The number of allylic oxidation sites excluding steroid dienone is 6. The van der Waals surface area contributed by atoms with Crippen LogP contribution >= 0.6 is 0 Å². The highest BCUT2D eigenvalue weighted by atomic mass is 19.5. The largest absolute Gasteiger partial charge is 0.573 e. The van der Waals surface area contributed by atoms with Gasteiger partial charge >= 0.3 is 50.9 Å². The van der Waals surface area contributed by atoms with Gasteiger partial charge in [0.1, 0.15) is 46.0 Å². The van der Waals surface area contributed by atoms with Crippen molar-refractivity contribution >= 4 is 45.6 Å². The Labute approximate surface area is 523 Å². The van der Waals surface area contributed by atoms with Gasteiger partial charge in [0.2, 0.25) is 0 Å². The van der Waals surface area contributed by atoms with E-state index in [1.807, 2.05) is 0 Å². The SMILES string of the molecule is FC(F)(F)Oc1ccc(/C=C(/C(=C(/C(=C(/C(=C/c2ccc(OC(F)(F)F)cc2)c2ccc(OC(F)(F)F)cc2)c2ccc(OC(F)(F)F)cc2)c2ccc(OC(F)(F)F)cc2)c2ccc(OC(F)(F)F)cc2)c2ccc(OC(F)(F)F)cc2)c2ccc(OC(F)(F)F)cc2)cc1. The zero-order valence-corrected chi connectivity index (χ0v) is 47.0. The Balaban J connectivity index is 1.70. The third-order valence-electron chi connectivity index (χ3n) is 12.4. The summed E-state index contributed by atoms with van der Waals surface area (Å²) in [6, 6.07) is 25.3. The van der Waals surface area contributed by atoms with Gasteiger partial charge in [-0.25, -0.2) is 0 Å². The molecule has 0 amide bonds. The van der Waals surface area contributed by atoms with Crippen LogP contribution in [0.1, 0.15) is 44.5 Å². The number of hydrogen-bond donors (Lipinski definition) is 0. The first-order valence-electron chi connectivity index (χ1n) is 26.3. The van der Waals surface area contributed by atoms with Crippen LogP contribution in [0.3, 0.4) is 0 Å². The van der Waals surface area contributed by atoms with Gasteiger partial charge < -0.3 is 37.9 Å². The van der Waals surface area contributed by atoms with Crippen LogP contribution in [0.5, 0.6) is 46.0 Å². The zero-order chi connectivity index (χ0) is 70.4. The maximum absolute atomic E-state index is 14.0. The minimum Gasteiger partial charge on any atom is -0.406 e. The smallest absolute Gasteiger partial charge is 0.406 e. The Bertz CT molecular complexity index is 3800. The second-order valence-electron chi connectivity index (χ2n) is 19.3. The Morgan fingerprint density at radius 2 is 0.312 bits per heavy atom. The van der Waals surface area contributed by atoms with Crippen LogP contribution < -0.4 is 37.9 Å². The molecule has 8 nitrogen and oxygen atoms in total. The summed E-state index contributed by atoms with van der Waals surface area (Å²) in [6.07, 6.45) is -41.0. The third-order valence-corrected chi connectivity index (χ3v) is 12.4. The fourth-order valence-corrected chi connectivity index (χ4v) is 9.13. The Morgan fingerprint density at radius 3 is 0.469 bits per heavy atom.